The van der Waals surface area contributed by atoms with E-state index < -0.39 is 0 Å². The lowest BCUT2D eigenvalue weighted by molar-refractivity contribution is -0.0455. The van der Waals surface area contributed by atoms with Gasteiger partial charge in [0.15, 0.2) is 12.1 Å². The lowest BCUT2D eigenvalue weighted by atomic mass is 10.1. The van der Waals surface area contributed by atoms with Gasteiger partial charge in [0.25, 0.3) is 5.91 Å². The summed E-state index contributed by atoms with van der Waals surface area (Å²) in [5.41, 5.74) is 3.37. The Kier molecular flexibility index (Phi) is 6.54. The number of carbonyl (C=O) groups is 1. The van der Waals surface area contributed by atoms with Crippen molar-refractivity contribution in [3.8, 4) is 23.0 Å². The number of nitrogens with one attached hydrogen (secondary N) is 1. The summed E-state index contributed by atoms with van der Waals surface area (Å²) in [5, 5.41) is 2.87. The Morgan fingerprint density at radius 1 is 1.10 bits per heavy atom. The fraction of sp³-hybridized carbons (Fsp3) is 0.292. The first-order chi connectivity index (χ1) is 15.1. The van der Waals surface area contributed by atoms with Crippen molar-refractivity contribution in [1.82, 2.24) is 15.3 Å². The standard InChI is InChI=1S/C24H25N3O4/c1-16-8-9-19(14-17(16)2)31-24-20(23(28)25-11-10-21-29-12-13-30-21)15-26-22(27-24)18-6-4-3-5-7-18/h3-9,14-15,21H,10-13H2,1-2H3,(H,25,28). The van der Waals surface area contributed by atoms with Gasteiger partial charge in [-0.3, -0.25) is 4.79 Å². The van der Waals surface area contributed by atoms with Crippen LogP contribution in [0.2, 0.25) is 0 Å². The van der Waals surface area contributed by atoms with Crippen molar-refractivity contribution in [3.63, 3.8) is 0 Å². The third-order valence-corrected chi connectivity index (χ3v) is 5.08. The van der Waals surface area contributed by atoms with Crippen molar-refractivity contribution in [2.24, 2.45) is 0 Å². The van der Waals surface area contributed by atoms with Crippen LogP contribution < -0.4 is 10.1 Å². The topological polar surface area (TPSA) is 82.6 Å². The van der Waals surface area contributed by atoms with Gasteiger partial charge in [0.1, 0.15) is 11.3 Å². The Balaban J connectivity index is 1.58. The molecule has 31 heavy (non-hydrogen) atoms. The number of nitrogens with zero attached hydrogens (tertiary/aromatic N) is 2. The molecule has 0 atom stereocenters. The maximum Gasteiger partial charge on any atom is 0.258 e. The molecular formula is C24H25N3O4. The lowest BCUT2D eigenvalue weighted by Gasteiger charge is -2.13. The van der Waals surface area contributed by atoms with E-state index >= 15 is 0 Å². The number of aromatic nitrogens is 2. The summed E-state index contributed by atoms with van der Waals surface area (Å²) < 4.78 is 16.9. The van der Waals surface area contributed by atoms with Crippen LogP contribution in [0.3, 0.4) is 0 Å². The Morgan fingerprint density at radius 3 is 2.61 bits per heavy atom. The highest BCUT2D eigenvalue weighted by atomic mass is 16.7. The van der Waals surface area contributed by atoms with E-state index in [0.717, 1.165) is 16.7 Å². The van der Waals surface area contributed by atoms with E-state index in [1.807, 2.05) is 62.4 Å². The van der Waals surface area contributed by atoms with Gasteiger partial charge >= 0.3 is 0 Å². The predicted molar refractivity (Wildman–Crippen MR) is 116 cm³/mol. The number of amides is 1. The molecule has 160 valence electrons. The van der Waals surface area contributed by atoms with E-state index in [0.29, 0.717) is 37.8 Å². The largest absolute Gasteiger partial charge is 0.438 e. The van der Waals surface area contributed by atoms with Crippen LogP contribution in [0, 0.1) is 13.8 Å². The molecule has 1 saturated heterocycles. The molecule has 7 heteroatoms. The van der Waals surface area contributed by atoms with Crippen LogP contribution in [-0.4, -0.2) is 41.9 Å². The Hall–Kier alpha value is -3.29. The van der Waals surface area contributed by atoms with Gasteiger partial charge in [0.05, 0.1) is 13.2 Å². The van der Waals surface area contributed by atoms with Crippen molar-refractivity contribution < 1.29 is 19.0 Å². The van der Waals surface area contributed by atoms with Gasteiger partial charge < -0.3 is 19.5 Å². The Morgan fingerprint density at radius 2 is 1.87 bits per heavy atom. The van der Waals surface area contributed by atoms with E-state index in [-0.39, 0.29) is 23.6 Å². The number of hydrogen-bond acceptors (Lipinski definition) is 6. The number of hydrogen-bond donors (Lipinski definition) is 1. The lowest BCUT2D eigenvalue weighted by Crippen LogP contribution is -2.28. The first kappa shape index (κ1) is 21.0. The van der Waals surface area contributed by atoms with Crippen molar-refractivity contribution in [2.75, 3.05) is 19.8 Å². The van der Waals surface area contributed by atoms with Crippen molar-refractivity contribution in [2.45, 2.75) is 26.6 Å². The summed E-state index contributed by atoms with van der Waals surface area (Å²) in [6.45, 7) is 5.63. The van der Waals surface area contributed by atoms with Gasteiger partial charge in [-0.2, -0.15) is 4.98 Å². The summed E-state index contributed by atoms with van der Waals surface area (Å²) in [6.07, 6.45) is 1.80. The van der Waals surface area contributed by atoms with Gasteiger partial charge in [0, 0.05) is 24.7 Å². The molecule has 1 N–H and O–H groups in total. The van der Waals surface area contributed by atoms with Crippen molar-refractivity contribution in [3.05, 3.63) is 71.4 Å². The SMILES string of the molecule is Cc1ccc(Oc2nc(-c3ccccc3)ncc2C(=O)NCCC2OCCO2)cc1C. The number of carbonyl (C=O) groups excluding carboxylic acids is 1. The molecule has 1 aliphatic rings. The fourth-order valence-electron chi connectivity index (χ4n) is 3.19. The number of rotatable bonds is 7. The first-order valence-electron chi connectivity index (χ1n) is 10.3. The zero-order valence-electron chi connectivity index (χ0n) is 17.6. The second kappa shape index (κ2) is 9.68. The zero-order valence-corrected chi connectivity index (χ0v) is 17.6. The molecule has 0 aliphatic carbocycles. The highest BCUT2D eigenvalue weighted by Gasteiger charge is 2.20. The van der Waals surface area contributed by atoms with Gasteiger partial charge in [-0.25, -0.2) is 4.98 Å². The normalized spacial score (nSPS) is 13.9. The van der Waals surface area contributed by atoms with E-state index in [1.165, 1.54) is 6.20 Å². The Bertz CT molecular complexity index is 1050. The molecule has 2 aromatic carbocycles. The highest BCUT2D eigenvalue weighted by Crippen LogP contribution is 2.27. The van der Waals surface area contributed by atoms with Crippen molar-refractivity contribution >= 4 is 5.91 Å². The molecule has 0 unspecified atom stereocenters. The quantitative estimate of drug-likeness (QED) is 0.622. The van der Waals surface area contributed by atoms with Crippen LogP contribution >= 0.6 is 0 Å². The summed E-state index contributed by atoms with van der Waals surface area (Å²) in [5.74, 6) is 1.01. The smallest absolute Gasteiger partial charge is 0.258 e. The van der Waals surface area contributed by atoms with Crippen LogP contribution in [0.5, 0.6) is 11.6 Å². The number of benzene rings is 2. The third kappa shape index (κ3) is 5.25. The van der Waals surface area contributed by atoms with Crippen LogP contribution in [0.4, 0.5) is 0 Å². The second-order valence-corrected chi connectivity index (χ2v) is 7.34. The molecule has 7 nitrogen and oxygen atoms in total. The van der Waals surface area contributed by atoms with E-state index in [2.05, 4.69) is 15.3 Å². The molecule has 4 rings (SSSR count). The molecule has 0 radical (unpaired) electrons. The molecule has 1 aliphatic heterocycles. The summed E-state index contributed by atoms with van der Waals surface area (Å²) in [7, 11) is 0. The van der Waals surface area contributed by atoms with Gasteiger partial charge in [-0.15, -0.1) is 0 Å². The van der Waals surface area contributed by atoms with Gasteiger partial charge in [0.2, 0.25) is 5.88 Å². The molecule has 1 aromatic heterocycles. The molecular weight excluding hydrogens is 394 g/mol. The average molecular weight is 419 g/mol. The maximum absolute atomic E-state index is 12.8. The molecule has 0 saturated carbocycles. The highest BCUT2D eigenvalue weighted by molar-refractivity contribution is 5.96. The first-order valence-corrected chi connectivity index (χ1v) is 10.3. The average Bonchev–Trinajstić information content (AvgIpc) is 3.30. The van der Waals surface area contributed by atoms with E-state index in [9.17, 15) is 4.79 Å². The van der Waals surface area contributed by atoms with Crippen LogP contribution in [-0.2, 0) is 9.47 Å². The van der Waals surface area contributed by atoms with E-state index in [1.54, 1.807) is 0 Å². The number of aryl methyl sites for hydroxylation is 2. The minimum absolute atomic E-state index is 0.211. The molecule has 0 spiro atoms. The Labute approximate surface area is 181 Å². The van der Waals surface area contributed by atoms with E-state index in [4.69, 9.17) is 14.2 Å². The number of ether oxygens (including phenoxy) is 3. The van der Waals surface area contributed by atoms with Crippen LogP contribution in [0.1, 0.15) is 27.9 Å². The molecule has 0 bridgehead atoms. The molecule has 1 amide bonds. The fourth-order valence-corrected chi connectivity index (χ4v) is 3.19. The summed E-state index contributed by atoms with van der Waals surface area (Å²) in [4.78, 5) is 21.8. The molecule has 1 fully saturated rings. The van der Waals surface area contributed by atoms with Crippen LogP contribution in [0.25, 0.3) is 11.4 Å². The summed E-state index contributed by atoms with van der Waals surface area (Å²) in [6, 6.07) is 15.3. The van der Waals surface area contributed by atoms with Crippen molar-refractivity contribution in [1.29, 1.82) is 0 Å². The molecule has 3 aromatic rings. The minimum atomic E-state index is -0.309. The minimum Gasteiger partial charge on any atom is -0.438 e. The third-order valence-electron chi connectivity index (χ3n) is 5.08. The summed E-state index contributed by atoms with van der Waals surface area (Å²) >= 11 is 0. The van der Waals surface area contributed by atoms with Gasteiger partial charge in [-0.05, 0) is 37.1 Å². The second-order valence-electron chi connectivity index (χ2n) is 7.34. The predicted octanol–water partition coefficient (Wildman–Crippen LogP) is 4.05. The van der Waals surface area contributed by atoms with Crippen LogP contribution in [0.15, 0.2) is 54.7 Å². The molecule has 2 heterocycles. The monoisotopic (exact) mass is 419 g/mol. The zero-order chi connectivity index (χ0) is 21.6. The maximum atomic E-state index is 12.8. The van der Waals surface area contributed by atoms with Gasteiger partial charge in [-0.1, -0.05) is 36.4 Å².